The molecule has 0 heterocycles. The minimum Gasteiger partial charge on any atom is -0.486 e. The molecule has 0 N–H and O–H groups in total. The van der Waals surface area contributed by atoms with Crippen LogP contribution < -0.4 is 4.74 Å². The summed E-state index contributed by atoms with van der Waals surface area (Å²) in [5, 5.41) is 12.1. The number of hydrogen-bond donors (Lipinski definition) is 0. The highest BCUT2D eigenvalue weighted by Gasteiger charge is 2.21. The molecule has 0 bridgehead atoms. The lowest BCUT2D eigenvalue weighted by Crippen LogP contribution is -2.14. The molecule has 0 aliphatic carbocycles. The van der Waals surface area contributed by atoms with Crippen molar-refractivity contribution in [2.45, 2.75) is 19.8 Å². The molecule has 0 radical (unpaired) electrons. The summed E-state index contributed by atoms with van der Waals surface area (Å²) in [7, 11) is 0. The van der Waals surface area contributed by atoms with E-state index in [1.54, 1.807) is 6.07 Å². The van der Waals surface area contributed by atoms with Crippen LogP contribution in [-0.4, -0.2) is 16.9 Å². The lowest BCUT2D eigenvalue weighted by atomic mass is 10.1. The normalized spacial score (nSPS) is 12.2. The van der Waals surface area contributed by atoms with E-state index in [9.17, 15) is 10.1 Å². The number of benzene rings is 1. The minimum atomic E-state index is -0.491. The van der Waals surface area contributed by atoms with Gasteiger partial charge < -0.3 is 4.74 Å². The molecule has 0 fully saturated rings. The number of nitro benzene ring substituents is 1. The van der Waals surface area contributed by atoms with Gasteiger partial charge in [-0.25, -0.2) is 0 Å². The van der Waals surface area contributed by atoms with Crippen molar-refractivity contribution in [2.24, 2.45) is 5.92 Å². The predicted molar refractivity (Wildman–Crippen MR) is 83.5 cm³/mol. The molecule has 0 aromatic heterocycles. The molecular formula is C12H14Br2ClNO3. The molecule has 0 amide bonds. The Morgan fingerprint density at radius 2 is 2.21 bits per heavy atom. The Kier molecular flexibility index (Phi) is 7.10. The summed E-state index contributed by atoms with van der Waals surface area (Å²) in [5.41, 5.74) is -0.121. The Bertz CT molecular complexity index is 457. The van der Waals surface area contributed by atoms with Gasteiger partial charge in [-0.1, -0.05) is 40.9 Å². The van der Waals surface area contributed by atoms with Crippen molar-refractivity contribution < 1.29 is 9.66 Å². The third-order valence-electron chi connectivity index (χ3n) is 2.56. The van der Waals surface area contributed by atoms with Crippen LogP contribution in [0, 0.1) is 16.0 Å². The van der Waals surface area contributed by atoms with Crippen LogP contribution in [-0.2, 0) is 0 Å². The average molecular weight is 416 g/mol. The van der Waals surface area contributed by atoms with E-state index in [0.717, 1.165) is 18.2 Å². The van der Waals surface area contributed by atoms with Gasteiger partial charge in [0.2, 0.25) is 5.75 Å². The van der Waals surface area contributed by atoms with Gasteiger partial charge in [0.05, 0.1) is 16.0 Å². The molecule has 1 aromatic rings. The zero-order chi connectivity index (χ0) is 14.4. The van der Waals surface area contributed by atoms with Crippen molar-refractivity contribution in [3.8, 4) is 5.75 Å². The number of nitro groups is 1. The minimum absolute atomic E-state index is 0.121. The van der Waals surface area contributed by atoms with Crippen molar-refractivity contribution in [2.75, 3.05) is 11.9 Å². The van der Waals surface area contributed by atoms with Crippen molar-refractivity contribution in [1.29, 1.82) is 0 Å². The number of rotatable bonds is 7. The van der Waals surface area contributed by atoms with Gasteiger partial charge in [-0.05, 0) is 28.4 Å². The molecule has 0 spiro atoms. The molecule has 0 saturated heterocycles. The predicted octanol–water partition coefficient (Wildman–Crippen LogP) is 5.20. The smallest absolute Gasteiger partial charge is 0.313 e. The van der Waals surface area contributed by atoms with Crippen LogP contribution in [0.5, 0.6) is 5.75 Å². The van der Waals surface area contributed by atoms with E-state index in [0.29, 0.717) is 22.0 Å². The van der Waals surface area contributed by atoms with E-state index in [2.05, 4.69) is 38.8 Å². The van der Waals surface area contributed by atoms with Crippen LogP contribution in [0.2, 0.25) is 5.02 Å². The average Bonchev–Trinajstić information content (AvgIpc) is 2.35. The van der Waals surface area contributed by atoms with Crippen LogP contribution in [0.4, 0.5) is 5.69 Å². The standard InChI is InChI=1S/C12H14Br2ClNO3/c1-2-3-8(6-13)7-19-12-10(14)4-9(15)5-11(12)16(17)18/h4-5,8H,2-3,6-7H2,1H3. The van der Waals surface area contributed by atoms with Crippen molar-refractivity contribution in [3.63, 3.8) is 0 Å². The number of alkyl halides is 1. The lowest BCUT2D eigenvalue weighted by Gasteiger charge is -2.15. The van der Waals surface area contributed by atoms with Gasteiger partial charge in [-0.2, -0.15) is 0 Å². The molecule has 106 valence electrons. The topological polar surface area (TPSA) is 52.4 Å². The summed E-state index contributed by atoms with van der Waals surface area (Å²) in [5.74, 6) is 0.559. The second kappa shape index (κ2) is 8.07. The van der Waals surface area contributed by atoms with Gasteiger partial charge in [0.1, 0.15) is 0 Å². The third kappa shape index (κ3) is 4.93. The molecule has 0 saturated carbocycles. The number of nitrogens with zero attached hydrogens (tertiary/aromatic N) is 1. The van der Waals surface area contributed by atoms with E-state index in [-0.39, 0.29) is 11.4 Å². The second-order valence-electron chi connectivity index (χ2n) is 4.11. The van der Waals surface area contributed by atoms with Gasteiger partial charge in [-0.15, -0.1) is 0 Å². The molecule has 1 unspecified atom stereocenters. The van der Waals surface area contributed by atoms with Crippen molar-refractivity contribution in [1.82, 2.24) is 0 Å². The van der Waals surface area contributed by atoms with E-state index >= 15 is 0 Å². The van der Waals surface area contributed by atoms with E-state index in [4.69, 9.17) is 16.3 Å². The first-order chi connectivity index (χ1) is 8.99. The van der Waals surface area contributed by atoms with Crippen LogP contribution in [0.25, 0.3) is 0 Å². The number of halogens is 3. The highest BCUT2D eigenvalue weighted by Crippen LogP contribution is 2.38. The largest absolute Gasteiger partial charge is 0.486 e. The Morgan fingerprint density at radius 3 is 2.74 bits per heavy atom. The Hall–Kier alpha value is -0.330. The molecule has 1 aromatic carbocycles. The summed E-state index contributed by atoms with van der Waals surface area (Å²) < 4.78 is 6.11. The molecule has 1 atom stereocenters. The van der Waals surface area contributed by atoms with Crippen LogP contribution >= 0.6 is 43.5 Å². The van der Waals surface area contributed by atoms with Crippen LogP contribution in [0.15, 0.2) is 16.6 Å². The fourth-order valence-electron chi connectivity index (χ4n) is 1.64. The summed E-state index contributed by atoms with van der Waals surface area (Å²) in [6.07, 6.45) is 2.05. The van der Waals surface area contributed by atoms with Crippen LogP contribution in [0.3, 0.4) is 0 Å². The van der Waals surface area contributed by atoms with E-state index < -0.39 is 4.92 Å². The molecule has 4 nitrogen and oxygen atoms in total. The first kappa shape index (κ1) is 16.7. The second-order valence-corrected chi connectivity index (χ2v) is 6.05. The number of hydrogen-bond acceptors (Lipinski definition) is 3. The molecule has 0 aliphatic rings. The molecule has 7 heteroatoms. The lowest BCUT2D eigenvalue weighted by molar-refractivity contribution is -0.386. The SMILES string of the molecule is CCCC(CBr)COc1c(Br)cc(Cl)cc1[N+](=O)[O-]. The number of ether oxygens (including phenoxy) is 1. The Labute approximate surface area is 133 Å². The summed E-state index contributed by atoms with van der Waals surface area (Å²) in [4.78, 5) is 10.5. The van der Waals surface area contributed by atoms with Gasteiger partial charge in [0, 0.05) is 22.3 Å². The van der Waals surface area contributed by atoms with Gasteiger partial charge in [0.15, 0.2) is 0 Å². The molecule has 1 rings (SSSR count). The van der Waals surface area contributed by atoms with Crippen molar-refractivity contribution in [3.05, 3.63) is 31.7 Å². The molecule has 19 heavy (non-hydrogen) atoms. The van der Waals surface area contributed by atoms with Crippen LogP contribution in [0.1, 0.15) is 19.8 Å². The monoisotopic (exact) mass is 413 g/mol. The highest BCUT2D eigenvalue weighted by atomic mass is 79.9. The third-order valence-corrected chi connectivity index (χ3v) is 4.29. The fraction of sp³-hybridized carbons (Fsp3) is 0.500. The maximum atomic E-state index is 11.0. The summed E-state index contributed by atoms with van der Waals surface area (Å²) in [6, 6.07) is 2.89. The first-order valence-electron chi connectivity index (χ1n) is 5.81. The van der Waals surface area contributed by atoms with Crippen molar-refractivity contribution >= 4 is 49.1 Å². The maximum absolute atomic E-state index is 11.0. The highest BCUT2D eigenvalue weighted by molar-refractivity contribution is 9.10. The Balaban J connectivity index is 2.90. The maximum Gasteiger partial charge on any atom is 0.313 e. The van der Waals surface area contributed by atoms with Gasteiger partial charge in [-0.3, -0.25) is 10.1 Å². The first-order valence-corrected chi connectivity index (χ1v) is 8.11. The fourth-order valence-corrected chi connectivity index (χ4v) is 3.06. The summed E-state index contributed by atoms with van der Waals surface area (Å²) >= 11 is 12.5. The van der Waals surface area contributed by atoms with E-state index in [1.807, 2.05) is 0 Å². The molecule has 0 aliphatic heterocycles. The summed E-state index contributed by atoms with van der Waals surface area (Å²) in [6.45, 7) is 2.52. The molecular weight excluding hydrogens is 401 g/mol. The zero-order valence-corrected chi connectivity index (χ0v) is 14.3. The zero-order valence-electron chi connectivity index (χ0n) is 10.4. The Morgan fingerprint density at radius 1 is 1.53 bits per heavy atom. The van der Waals surface area contributed by atoms with Gasteiger partial charge in [0.25, 0.3) is 0 Å². The quantitative estimate of drug-likeness (QED) is 0.349. The van der Waals surface area contributed by atoms with E-state index in [1.165, 1.54) is 6.07 Å². The van der Waals surface area contributed by atoms with Gasteiger partial charge >= 0.3 is 5.69 Å².